The van der Waals surface area contributed by atoms with Crippen LogP contribution >= 0.6 is 0 Å². The quantitative estimate of drug-likeness (QED) is 0.691. The third kappa shape index (κ3) is 4.18. The van der Waals surface area contributed by atoms with Gasteiger partial charge in [-0.1, -0.05) is 11.3 Å². The van der Waals surface area contributed by atoms with E-state index in [4.69, 9.17) is 5.73 Å². The van der Waals surface area contributed by atoms with Crippen LogP contribution in [-0.4, -0.2) is 38.8 Å². The Morgan fingerprint density at radius 1 is 1.27 bits per heavy atom. The average Bonchev–Trinajstić information content (AvgIpc) is 2.96. The van der Waals surface area contributed by atoms with Crippen molar-refractivity contribution in [3.05, 3.63) is 36.4 Å². The highest BCUT2D eigenvalue weighted by atomic mass is 19.4. The number of ether oxygens (including phenoxy) is 1. The molecule has 0 spiro atoms. The highest BCUT2D eigenvalue weighted by Gasteiger charge is 2.31. The summed E-state index contributed by atoms with van der Waals surface area (Å²) in [6.45, 7) is 0.296. The molecule has 0 aliphatic rings. The van der Waals surface area contributed by atoms with Gasteiger partial charge < -0.3 is 15.8 Å². The number of hydrogen-bond acceptors (Lipinski definition) is 6. The van der Waals surface area contributed by atoms with Crippen LogP contribution in [0.3, 0.4) is 0 Å². The number of carbonyl (C=O) groups excluding carboxylic acids is 1. The van der Waals surface area contributed by atoms with E-state index in [0.29, 0.717) is 29.2 Å². The van der Waals surface area contributed by atoms with E-state index in [1.54, 1.807) is 18.2 Å². The fourth-order valence-electron chi connectivity index (χ4n) is 2.21. The zero-order valence-electron chi connectivity index (χ0n) is 13.2. The van der Waals surface area contributed by atoms with E-state index in [-0.39, 0.29) is 12.2 Å². The topological polar surface area (TPSA) is 108 Å². The standard InChI is InChI=1S/C15H13F3N6O2/c16-15(17,18)26-10-3-1-2-9(8-10)24-14-11(22-23-24)4-5-13(21-14)20-7-6-12(19)25/h1-5,8H,6-7H2,(H2,19,25)(H,20,21). The van der Waals surface area contributed by atoms with Gasteiger partial charge in [0, 0.05) is 19.0 Å². The molecular formula is C15H13F3N6O2. The van der Waals surface area contributed by atoms with Crippen LogP contribution < -0.4 is 15.8 Å². The van der Waals surface area contributed by atoms with E-state index in [0.717, 1.165) is 0 Å². The van der Waals surface area contributed by atoms with E-state index in [1.165, 1.54) is 22.9 Å². The summed E-state index contributed by atoms with van der Waals surface area (Å²) >= 11 is 0. The number of anilines is 1. The highest BCUT2D eigenvalue weighted by Crippen LogP contribution is 2.25. The van der Waals surface area contributed by atoms with Gasteiger partial charge in [-0.2, -0.15) is 4.68 Å². The number of hydrogen-bond donors (Lipinski definition) is 2. The Balaban J connectivity index is 1.90. The zero-order chi connectivity index (χ0) is 18.7. The molecule has 26 heavy (non-hydrogen) atoms. The summed E-state index contributed by atoms with van der Waals surface area (Å²) in [6, 6.07) is 8.60. The molecule has 3 rings (SSSR count). The number of nitrogens with one attached hydrogen (secondary N) is 1. The van der Waals surface area contributed by atoms with E-state index >= 15 is 0 Å². The van der Waals surface area contributed by atoms with Crippen molar-refractivity contribution in [3.8, 4) is 11.4 Å². The van der Waals surface area contributed by atoms with Crippen molar-refractivity contribution in [2.75, 3.05) is 11.9 Å². The van der Waals surface area contributed by atoms with Crippen molar-refractivity contribution in [1.29, 1.82) is 0 Å². The minimum Gasteiger partial charge on any atom is -0.406 e. The number of aromatic nitrogens is 4. The first-order chi connectivity index (χ1) is 12.3. The largest absolute Gasteiger partial charge is 0.573 e. The zero-order valence-corrected chi connectivity index (χ0v) is 13.2. The number of halogens is 3. The van der Waals surface area contributed by atoms with Gasteiger partial charge in [-0.3, -0.25) is 4.79 Å². The Morgan fingerprint density at radius 3 is 2.81 bits per heavy atom. The summed E-state index contributed by atoms with van der Waals surface area (Å²) in [4.78, 5) is 15.1. The number of rotatable bonds is 6. The van der Waals surface area contributed by atoms with Crippen molar-refractivity contribution in [2.24, 2.45) is 5.73 Å². The van der Waals surface area contributed by atoms with Crippen molar-refractivity contribution >= 4 is 22.9 Å². The van der Waals surface area contributed by atoms with Gasteiger partial charge in [0.15, 0.2) is 5.65 Å². The molecule has 0 fully saturated rings. The second-order valence-corrected chi connectivity index (χ2v) is 5.23. The molecule has 3 aromatic rings. The lowest BCUT2D eigenvalue weighted by Crippen LogP contribution is -2.17. The molecule has 1 amide bonds. The predicted molar refractivity (Wildman–Crippen MR) is 85.6 cm³/mol. The maximum Gasteiger partial charge on any atom is 0.573 e. The van der Waals surface area contributed by atoms with Crippen molar-refractivity contribution in [1.82, 2.24) is 20.0 Å². The molecular weight excluding hydrogens is 353 g/mol. The molecule has 0 aliphatic carbocycles. The number of nitrogens with two attached hydrogens (primary N) is 1. The van der Waals surface area contributed by atoms with Gasteiger partial charge in [-0.05, 0) is 24.3 Å². The Labute approximate surface area is 144 Å². The summed E-state index contributed by atoms with van der Waals surface area (Å²) in [7, 11) is 0. The molecule has 136 valence electrons. The van der Waals surface area contributed by atoms with Crippen LogP contribution in [0.15, 0.2) is 36.4 Å². The summed E-state index contributed by atoms with van der Waals surface area (Å²) < 4.78 is 42.4. The minimum atomic E-state index is -4.79. The van der Waals surface area contributed by atoms with Gasteiger partial charge in [0.05, 0.1) is 5.69 Å². The minimum absolute atomic E-state index is 0.133. The molecule has 1 aromatic carbocycles. The maximum absolute atomic E-state index is 12.4. The molecule has 8 nitrogen and oxygen atoms in total. The number of carbonyl (C=O) groups is 1. The third-order valence-electron chi connectivity index (χ3n) is 3.27. The Hall–Kier alpha value is -3.37. The fourth-order valence-corrected chi connectivity index (χ4v) is 2.21. The normalized spacial score (nSPS) is 11.5. The number of nitrogens with zero attached hydrogens (tertiary/aromatic N) is 4. The van der Waals surface area contributed by atoms with Crippen LogP contribution in [0.5, 0.6) is 5.75 Å². The SMILES string of the molecule is NC(=O)CCNc1ccc2nnn(-c3cccc(OC(F)(F)F)c3)c2n1. The van der Waals surface area contributed by atoms with Gasteiger partial charge in [0.25, 0.3) is 0 Å². The number of amides is 1. The van der Waals surface area contributed by atoms with Gasteiger partial charge in [-0.15, -0.1) is 18.3 Å². The first kappa shape index (κ1) is 17.5. The molecule has 0 atom stereocenters. The first-order valence-corrected chi connectivity index (χ1v) is 7.43. The Morgan fingerprint density at radius 2 is 2.08 bits per heavy atom. The fraction of sp³-hybridized carbons (Fsp3) is 0.200. The van der Waals surface area contributed by atoms with Crippen LogP contribution in [0.2, 0.25) is 0 Å². The van der Waals surface area contributed by atoms with Crippen LogP contribution in [0.1, 0.15) is 6.42 Å². The molecule has 2 heterocycles. The maximum atomic E-state index is 12.4. The van der Waals surface area contributed by atoms with Gasteiger partial charge >= 0.3 is 6.36 Å². The highest BCUT2D eigenvalue weighted by molar-refractivity contribution is 5.75. The van der Waals surface area contributed by atoms with E-state index in [9.17, 15) is 18.0 Å². The Bertz CT molecular complexity index is 941. The monoisotopic (exact) mass is 366 g/mol. The lowest BCUT2D eigenvalue weighted by Gasteiger charge is -2.10. The summed E-state index contributed by atoms with van der Waals surface area (Å²) in [5.41, 5.74) is 6.16. The Kier molecular flexibility index (Phi) is 4.61. The molecule has 0 unspecified atom stereocenters. The van der Waals surface area contributed by atoms with Crippen molar-refractivity contribution in [2.45, 2.75) is 12.8 Å². The molecule has 11 heteroatoms. The number of primary amides is 1. The van der Waals surface area contributed by atoms with Gasteiger partial charge in [-0.25, -0.2) is 4.98 Å². The number of fused-ring (bicyclic) bond motifs is 1. The predicted octanol–water partition coefficient (Wildman–Crippen LogP) is 2.00. The molecule has 0 saturated carbocycles. The molecule has 0 aliphatic heterocycles. The molecule has 0 saturated heterocycles. The van der Waals surface area contributed by atoms with E-state index in [2.05, 4.69) is 25.3 Å². The summed E-state index contributed by atoms with van der Waals surface area (Å²) in [5, 5.41) is 10.8. The van der Waals surface area contributed by atoms with Crippen LogP contribution in [0.4, 0.5) is 19.0 Å². The smallest absolute Gasteiger partial charge is 0.406 e. The molecule has 0 radical (unpaired) electrons. The first-order valence-electron chi connectivity index (χ1n) is 7.43. The van der Waals surface area contributed by atoms with Crippen molar-refractivity contribution in [3.63, 3.8) is 0 Å². The van der Waals surface area contributed by atoms with E-state index < -0.39 is 12.3 Å². The number of alkyl halides is 3. The third-order valence-corrected chi connectivity index (χ3v) is 3.27. The summed E-state index contributed by atoms with van der Waals surface area (Å²) in [5.74, 6) is -0.383. The van der Waals surface area contributed by atoms with Crippen molar-refractivity contribution < 1.29 is 22.7 Å². The van der Waals surface area contributed by atoms with E-state index in [1.807, 2.05) is 0 Å². The van der Waals surface area contributed by atoms with Crippen LogP contribution in [-0.2, 0) is 4.79 Å². The number of pyridine rings is 1. The van der Waals surface area contributed by atoms with Gasteiger partial charge in [0.1, 0.15) is 17.1 Å². The number of benzene rings is 1. The second-order valence-electron chi connectivity index (χ2n) is 5.23. The second kappa shape index (κ2) is 6.86. The molecule has 2 aromatic heterocycles. The average molecular weight is 366 g/mol. The lowest BCUT2D eigenvalue weighted by molar-refractivity contribution is -0.274. The van der Waals surface area contributed by atoms with Crippen LogP contribution in [0, 0.1) is 0 Å². The summed E-state index contributed by atoms with van der Waals surface area (Å²) in [6.07, 6.45) is -4.66. The molecule has 3 N–H and O–H groups in total. The van der Waals surface area contributed by atoms with Crippen LogP contribution in [0.25, 0.3) is 16.9 Å². The van der Waals surface area contributed by atoms with Gasteiger partial charge in [0.2, 0.25) is 5.91 Å². The molecule has 0 bridgehead atoms. The lowest BCUT2D eigenvalue weighted by atomic mass is 10.3.